The number of aryl methyl sites for hydroxylation is 1. The van der Waals surface area contributed by atoms with Crippen molar-refractivity contribution in [1.82, 2.24) is 5.32 Å². The van der Waals surface area contributed by atoms with E-state index in [1.54, 1.807) is 0 Å². The summed E-state index contributed by atoms with van der Waals surface area (Å²) in [5, 5.41) is 12.1. The molecule has 1 aliphatic rings. The predicted octanol–water partition coefficient (Wildman–Crippen LogP) is 1.76. The fraction of sp³-hybridized carbons (Fsp3) is 0.500. The second kappa shape index (κ2) is 7.22. The highest BCUT2D eigenvalue weighted by Gasteiger charge is 2.41. The molecule has 1 aliphatic heterocycles. The van der Waals surface area contributed by atoms with Gasteiger partial charge in [-0.1, -0.05) is 30.3 Å². The lowest BCUT2D eigenvalue weighted by Crippen LogP contribution is -2.57. The van der Waals surface area contributed by atoms with Gasteiger partial charge in [0.15, 0.2) is 0 Å². The molecule has 0 aromatic heterocycles. The molecule has 114 valence electrons. The van der Waals surface area contributed by atoms with Crippen LogP contribution in [0.25, 0.3) is 0 Å². The van der Waals surface area contributed by atoms with Crippen molar-refractivity contribution in [2.24, 2.45) is 0 Å². The van der Waals surface area contributed by atoms with Crippen LogP contribution in [0.3, 0.4) is 0 Å². The molecule has 1 fully saturated rings. The number of carboxylic acid groups (broad SMARTS) is 1. The molecule has 5 nitrogen and oxygen atoms in total. The minimum Gasteiger partial charge on any atom is -0.480 e. The third-order valence-electron chi connectivity index (χ3n) is 3.85. The van der Waals surface area contributed by atoms with E-state index in [4.69, 9.17) is 4.74 Å². The monoisotopic (exact) mass is 291 g/mol. The van der Waals surface area contributed by atoms with Crippen LogP contribution in [0.5, 0.6) is 0 Å². The maximum absolute atomic E-state index is 12.0. The molecule has 1 aromatic carbocycles. The van der Waals surface area contributed by atoms with Gasteiger partial charge in [-0.2, -0.15) is 0 Å². The van der Waals surface area contributed by atoms with Crippen molar-refractivity contribution in [3.8, 4) is 0 Å². The molecular formula is C16H21NO4. The molecule has 1 aromatic rings. The molecule has 2 N–H and O–H groups in total. The predicted molar refractivity (Wildman–Crippen MR) is 77.9 cm³/mol. The van der Waals surface area contributed by atoms with Gasteiger partial charge in [-0.05, 0) is 18.4 Å². The second-order valence-corrected chi connectivity index (χ2v) is 5.39. The van der Waals surface area contributed by atoms with Gasteiger partial charge >= 0.3 is 5.97 Å². The number of rotatable bonds is 6. The van der Waals surface area contributed by atoms with Gasteiger partial charge in [0.1, 0.15) is 5.54 Å². The zero-order valence-electron chi connectivity index (χ0n) is 12.0. The fourth-order valence-electron chi connectivity index (χ4n) is 2.54. The van der Waals surface area contributed by atoms with Crippen molar-refractivity contribution >= 4 is 11.9 Å². The van der Waals surface area contributed by atoms with E-state index >= 15 is 0 Å². The Balaban J connectivity index is 1.81. The summed E-state index contributed by atoms with van der Waals surface area (Å²) in [5.74, 6) is -1.17. The van der Waals surface area contributed by atoms with Crippen molar-refractivity contribution in [2.75, 3.05) is 13.2 Å². The number of ether oxygens (including phenoxy) is 1. The van der Waals surface area contributed by atoms with E-state index in [1.807, 2.05) is 30.3 Å². The number of aliphatic carboxylic acids is 1. The van der Waals surface area contributed by atoms with Gasteiger partial charge < -0.3 is 15.2 Å². The molecule has 1 heterocycles. The van der Waals surface area contributed by atoms with Crippen LogP contribution in [0.1, 0.15) is 31.2 Å². The van der Waals surface area contributed by atoms with Gasteiger partial charge in [-0.15, -0.1) is 0 Å². The Labute approximate surface area is 124 Å². The van der Waals surface area contributed by atoms with Crippen LogP contribution in [0.2, 0.25) is 0 Å². The van der Waals surface area contributed by atoms with Crippen molar-refractivity contribution in [3.05, 3.63) is 35.9 Å². The molecule has 0 radical (unpaired) electrons. The van der Waals surface area contributed by atoms with Crippen LogP contribution in [0.4, 0.5) is 0 Å². The Morgan fingerprint density at radius 2 is 1.86 bits per heavy atom. The maximum atomic E-state index is 12.0. The molecule has 5 heteroatoms. The van der Waals surface area contributed by atoms with E-state index in [2.05, 4.69) is 5.32 Å². The zero-order chi connectivity index (χ0) is 15.1. The summed E-state index contributed by atoms with van der Waals surface area (Å²) in [6.07, 6.45) is 2.52. The van der Waals surface area contributed by atoms with E-state index < -0.39 is 11.5 Å². The molecule has 0 saturated carbocycles. The highest BCUT2D eigenvalue weighted by molar-refractivity contribution is 5.87. The molecule has 0 unspecified atom stereocenters. The fourth-order valence-corrected chi connectivity index (χ4v) is 2.54. The van der Waals surface area contributed by atoms with Gasteiger partial charge in [0, 0.05) is 32.5 Å². The van der Waals surface area contributed by atoms with Crippen molar-refractivity contribution in [3.63, 3.8) is 0 Å². The number of carboxylic acids is 1. The summed E-state index contributed by atoms with van der Waals surface area (Å²) < 4.78 is 5.18. The average molecular weight is 291 g/mol. The van der Waals surface area contributed by atoms with Crippen molar-refractivity contribution in [1.29, 1.82) is 0 Å². The van der Waals surface area contributed by atoms with E-state index in [1.165, 1.54) is 5.56 Å². The van der Waals surface area contributed by atoms with Crippen LogP contribution in [-0.2, 0) is 20.7 Å². The van der Waals surface area contributed by atoms with Gasteiger partial charge in [0.25, 0.3) is 0 Å². The first-order chi connectivity index (χ1) is 10.1. The maximum Gasteiger partial charge on any atom is 0.329 e. The molecular weight excluding hydrogens is 270 g/mol. The van der Waals surface area contributed by atoms with Crippen molar-refractivity contribution < 1.29 is 19.4 Å². The molecule has 2 rings (SSSR count). The smallest absolute Gasteiger partial charge is 0.329 e. The van der Waals surface area contributed by atoms with Gasteiger partial charge in [0.2, 0.25) is 5.91 Å². The minimum absolute atomic E-state index is 0.199. The summed E-state index contributed by atoms with van der Waals surface area (Å²) in [6.45, 7) is 0.743. The molecule has 1 saturated heterocycles. The Morgan fingerprint density at radius 3 is 2.48 bits per heavy atom. The largest absolute Gasteiger partial charge is 0.480 e. The summed E-state index contributed by atoms with van der Waals surface area (Å²) in [6, 6.07) is 9.94. The first-order valence-electron chi connectivity index (χ1n) is 7.28. The molecule has 0 bridgehead atoms. The van der Waals surface area contributed by atoms with E-state index in [-0.39, 0.29) is 5.91 Å². The highest BCUT2D eigenvalue weighted by atomic mass is 16.5. The number of carbonyl (C=O) groups excluding carboxylic acids is 1. The first kappa shape index (κ1) is 15.5. The lowest BCUT2D eigenvalue weighted by molar-refractivity contribution is -0.152. The minimum atomic E-state index is -1.15. The van der Waals surface area contributed by atoms with Crippen LogP contribution >= 0.6 is 0 Å². The SMILES string of the molecule is O=C(CCCc1ccccc1)NC1(C(=O)O)CCOCC1. The first-order valence-corrected chi connectivity index (χ1v) is 7.28. The summed E-state index contributed by atoms with van der Waals surface area (Å²) in [4.78, 5) is 23.4. The third kappa shape index (κ3) is 4.29. The molecule has 0 atom stereocenters. The van der Waals surface area contributed by atoms with Gasteiger partial charge in [-0.25, -0.2) is 4.79 Å². The lowest BCUT2D eigenvalue weighted by atomic mass is 9.90. The number of hydrogen-bond donors (Lipinski definition) is 2. The quantitative estimate of drug-likeness (QED) is 0.837. The van der Waals surface area contributed by atoms with Crippen LogP contribution in [-0.4, -0.2) is 35.7 Å². The Bertz CT molecular complexity index is 480. The Hall–Kier alpha value is -1.88. The normalized spacial score (nSPS) is 17.1. The van der Waals surface area contributed by atoms with E-state index in [0.29, 0.717) is 38.9 Å². The summed E-state index contributed by atoms with van der Waals surface area (Å²) in [5.41, 5.74) is 0.0338. The number of nitrogens with one attached hydrogen (secondary N) is 1. The van der Waals surface area contributed by atoms with Gasteiger partial charge in [-0.3, -0.25) is 4.79 Å². The van der Waals surface area contributed by atoms with Crippen LogP contribution < -0.4 is 5.32 Å². The van der Waals surface area contributed by atoms with Crippen LogP contribution in [0.15, 0.2) is 30.3 Å². The zero-order valence-corrected chi connectivity index (χ0v) is 12.0. The molecule has 21 heavy (non-hydrogen) atoms. The summed E-state index contributed by atoms with van der Waals surface area (Å²) in [7, 11) is 0. The van der Waals surface area contributed by atoms with Crippen molar-refractivity contribution in [2.45, 2.75) is 37.6 Å². The van der Waals surface area contributed by atoms with E-state index in [9.17, 15) is 14.7 Å². The summed E-state index contributed by atoms with van der Waals surface area (Å²) >= 11 is 0. The average Bonchev–Trinajstić information content (AvgIpc) is 2.49. The number of carbonyl (C=O) groups is 2. The van der Waals surface area contributed by atoms with Gasteiger partial charge in [0.05, 0.1) is 0 Å². The number of benzene rings is 1. The topological polar surface area (TPSA) is 75.6 Å². The lowest BCUT2D eigenvalue weighted by Gasteiger charge is -2.33. The molecule has 0 aliphatic carbocycles. The molecule has 0 spiro atoms. The molecule has 1 amide bonds. The third-order valence-corrected chi connectivity index (χ3v) is 3.85. The Morgan fingerprint density at radius 1 is 1.19 bits per heavy atom. The Kier molecular flexibility index (Phi) is 5.33. The second-order valence-electron chi connectivity index (χ2n) is 5.39. The standard InChI is InChI=1S/C16H21NO4/c18-14(8-4-7-13-5-2-1-3-6-13)17-16(15(19)20)9-11-21-12-10-16/h1-3,5-6H,4,7-12H2,(H,17,18)(H,19,20). The highest BCUT2D eigenvalue weighted by Crippen LogP contribution is 2.21. The van der Waals surface area contributed by atoms with E-state index in [0.717, 1.165) is 6.42 Å². The van der Waals surface area contributed by atoms with Crippen LogP contribution in [0, 0.1) is 0 Å². The number of hydrogen-bond acceptors (Lipinski definition) is 3. The number of amides is 1.